The average molecular weight is 455 g/mol. The topological polar surface area (TPSA) is 118 Å². The first-order chi connectivity index (χ1) is 15.9. The average Bonchev–Trinajstić information content (AvgIpc) is 2.82. The van der Waals surface area contributed by atoms with E-state index in [0.29, 0.717) is 36.6 Å². The number of carbonyl (C=O) groups is 3. The van der Waals surface area contributed by atoms with Crippen LogP contribution in [-0.2, 0) is 20.9 Å². The molecule has 0 aliphatic carbocycles. The molecule has 0 fully saturated rings. The molecule has 0 saturated carbocycles. The number of hydrogen-bond donors (Lipinski definition) is 3. The smallest absolute Gasteiger partial charge is 0.329 e. The van der Waals surface area contributed by atoms with Gasteiger partial charge in [-0.3, -0.25) is 14.4 Å². The molecule has 9 nitrogen and oxygen atoms in total. The predicted octanol–water partition coefficient (Wildman–Crippen LogP) is 2.15. The zero-order chi connectivity index (χ0) is 24.1. The van der Waals surface area contributed by atoms with Gasteiger partial charge < -0.3 is 20.1 Å². The number of carbonyl (C=O) groups excluding carboxylic acids is 3. The van der Waals surface area contributed by atoms with Crippen LogP contribution in [0, 0.1) is 0 Å². The van der Waals surface area contributed by atoms with E-state index < -0.39 is 11.8 Å². The van der Waals surface area contributed by atoms with Gasteiger partial charge in [0.05, 0.1) is 12.8 Å². The summed E-state index contributed by atoms with van der Waals surface area (Å²) in [7, 11) is 0. The largest absolute Gasteiger partial charge is 0.490 e. The second-order valence-corrected chi connectivity index (χ2v) is 7.17. The third kappa shape index (κ3) is 9.02. The Morgan fingerprint density at radius 1 is 1.00 bits per heavy atom. The zero-order valence-corrected chi connectivity index (χ0v) is 19.1. The molecule has 2 aromatic rings. The fourth-order valence-corrected chi connectivity index (χ4v) is 2.59. The van der Waals surface area contributed by atoms with Crippen molar-refractivity contribution in [2.45, 2.75) is 39.8 Å². The summed E-state index contributed by atoms with van der Waals surface area (Å²) in [5, 5.41) is 9.16. The van der Waals surface area contributed by atoms with Crippen LogP contribution in [0.5, 0.6) is 11.5 Å². The summed E-state index contributed by atoms with van der Waals surface area (Å²) in [6.45, 7) is 6.18. The van der Waals surface area contributed by atoms with Crippen molar-refractivity contribution in [1.82, 2.24) is 16.1 Å². The third-order valence-corrected chi connectivity index (χ3v) is 4.53. The number of hydrogen-bond acceptors (Lipinski definition) is 6. The monoisotopic (exact) mass is 454 g/mol. The van der Waals surface area contributed by atoms with Crippen molar-refractivity contribution in [3.05, 3.63) is 59.7 Å². The molecule has 0 saturated heterocycles. The van der Waals surface area contributed by atoms with Crippen LogP contribution in [0.15, 0.2) is 53.6 Å². The van der Waals surface area contributed by atoms with Crippen LogP contribution in [0.4, 0.5) is 0 Å². The summed E-state index contributed by atoms with van der Waals surface area (Å²) < 4.78 is 11.2. The van der Waals surface area contributed by atoms with Gasteiger partial charge in [0.15, 0.2) is 18.1 Å². The minimum atomic E-state index is -0.849. The summed E-state index contributed by atoms with van der Waals surface area (Å²) in [5.41, 5.74) is 3.79. The summed E-state index contributed by atoms with van der Waals surface area (Å²) >= 11 is 0. The molecule has 3 N–H and O–H groups in total. The van der Waals surface area contributed by atoms with Crippen molar-refractivity contribution in [3.8, 4) is 11.5 Å². The molecule has 1 atom stereocenters. The lowest BCUT2D eigenvalue weighted by molar-refractivity contribution is -0.139. The number of ether oxygens (including phenoxy) is 2. The van der Waals surface area contributed by atoms with E-state index in [-0.39, 0.29) is 18.6 Å². The predicted molar refractivity (Wildman–Crippen MR) is 125 cm³/mol. The fourth-order valence-electron chi connectivity index (χ4n) is 2.59. The van der Waals surface area contributed by atoms with Gasteiger partial charge in [0.1, 0.15) is 0 Å². The molecule has 2 aromatic carbocycles. The van der Waals surface area contributed by atoms with Gasteiger partial charge in [0, 0.05) is 12.6 Å². The molecule has 0 unspecified atom stereocenters. The van der Waals surface area contributed by atoms with E-state index in [1.807, 2.05) is 44.2 Å². The Bertz CT molecular complexity index is 963. The molecule has 0 aliphatic heterocycles. The van der Waals surface area contributed by atoms with Crippen LogP contribution >= 0.6 is 0 Å². The SMILES string of the molecule is CCOc1cc(/C=N\NC(=O)C(=O)N[C@H](C)CC)ccc1OCC(=O)NCc1ccccc1. The highest BCUT2D eigenvalue weighted by Gasteiger charge is 2.14. The van der Waals surface area contributed by atoms with E-state index in [9.17, 15) is 14.4 Å². The Kier molecular flexibility index (Phi) is 10.4. The van der Waals surface area contributed by atoms with E-state index >= 15 is 0 Å². The van der Waals surface area contributed by atoms with Crippen LogP contribution in [0.3, 0.4) is 0 Å². The van der Waals surface area contributed by atoms with Crippen molar-refractivity contribution in [2.75, 3.05) is 13.2 Å². The molecule has 33 heavy (non-hydrogen) atoms. The first kappa shape index (κ1) is 25.4. The molecular formula is C24H30N4O5. The van der Waals surface area contributed by atoms with Gasteiger partial charge in [-0.2, -0.15) is 5.10 Å². The first-order valence-corrected chi connectivity index (χ1v) is 10.8. The third-order valence-electron chi connectivity index (χ3n) is 4.53. The normalized spacial score (nSPS) is 11.5. The number of benzene rings is 2. The maximum Gasteiger partial charge on any atom is 0.329 e. The minimum absolute atomic E-state index is 0.103. The highest BCUT2D eigenvalue weighted by Crippen LogP contribution is 2.28. The summed E-state index contributed by atoms with van der Waals surface area (Å²) in [5.74, 6) is -1.02. The lowest BCUT2D eigenvalue weighted by Gasteiger charge is -2.13. The Labute approximate surface area is 193 Å². The molecule has 0 aliphatic rings. The molecule has 0 radical (unpaired) electrons. The molecule has 176 valence electrons. The Balaban J connectivity index is 1.90. The van der Waals surface area contributed by atoms with Gasteiger partial charge >= 0.3 is 11.8 Å². The lowest BCUT2D eigenvalue weighted by atomic mass is 10.2. The van der Waals surface area contributed by atoms with Crippen LogP contribution < -0.4 is 25.5 Å². The van der Waals surface area contributed by atoms with E-state index in [0.717, 1.165) is 5.56 Å². The van der Waals surface area contributed by atoms with Gasteiger partial charge in [0.25, 0.3) is 5.91 Å². The van der Waals surface area contributed by atoms with Crippen molar-refractivity contribution >= 4 is 23.9 Å². The Morgan fingerprint density at radius 3 is 2.45 bits per heavy atom. The maximum atomic E-state index is 12.1. The van der Waals surface area contributed by atoms with Crippen LogP contribution in [0.1, 0.15) is 38.3 Å². The molecular weight excluding hydrogens is 424 g/mol. The van der Waals surface area contributed by atoms with Crippen molar-refractivity contribution in [3.63, 3.8) is 0 Å². The molecule has 9 heteroatoms. The summed E-state index contributed by atoms with van der Waals surface area (Å²) in [4.78, 5) is 35.6. The van der Waals surface area contributed by atoms with Crippen LogP contribution in [0.2, 0.25) is 0 Å². The zero-order valence-electron chi connectivity index (χ0n) is 19.1. The maximum absolute atomic E-state index is 12.1. The van der Waals surface area contributed by atoms with Crippen LogP contribution in [-0.4, -0.2) is 43.2 Å². The van der Waals surface area contributed by atoms with Crippen LogP contribution in [0.25, 0.3) is 0 Å². The molecule has 3 amide bonds. The molecule has 0 heterocycles. The second-order valence-electron chi connectivity index (χ2n) is 7.17. The molecule has 0 bridgehead atoms. The van der Waals surface area contributed by atoms with Gasteiger partial charge in [-0.05, 0) is 49.6 Å². The summed E-state index contributed by atoms with van der Waals surface area (Å²) in [6, 6.07) is 14.5. The number of hydrazone groups is 1. The first-order valence-electron chi connectivity index (χ1n) is 10.8. The number of nitrogens with zero attached hydrogens (tertiary/aromatic N) is 1. The second kappa shape index (κ2) is 13.5. The van der Waals surface area contributed by atoms with Crippen molar-refractivity contribution in [2.24, 2.45) is 5.10 Å². The highest BCUT2D eigenvalue weighted by atomic mass is 16.5. The minimum Gasteiger partial charge on any atom is -0.490 e. The number of rotatable bonds is 11. The standard InChI is InChI=1S/C24H30N4O5/c1-4-17(3)27-23(30)24(31)28-26-15-19-11-12-20(21(13-19)32-5-2)33-16-22(29)25-14-18-9-7-6-8-10-18/h6-13,15,17H,4-5,14,16H2,1-3H3,(H,25,29)(H,27,30)(H,28,31)/b26-15-/t17-/m1/s1. The molecule has 0 spiro atoms. The van der Waals surface area contributed by atoms with E-state index in [4.69, 9.17) is 9.47 Å². The number of nitrogens with one attached hydrogen (secondary N) is 3. The van der Waals surface area contributed by atoms with Gasteiger partial charge in [0.2, 0.25) is 0 Å². The van der Waals surface area contributed by atoms with Gasteiger partial charge in [-0.25, -0.2) is 5.43 Å². The lowest BCUT2D eigenvalue weighted by Crippen LogP contribution is -2.41. The Morgan fingerprint density at radius 2 is 1.76 bits per heavy atom. The quantitative estimate of drug-likeness (QED) is 0.273. The molecule has 2 rings (SSSR count). The van der Waals surface area contributed by atoms with E-state index in [1.165, 1.54) is 6.21 Å². The number of amides is 3. The Hall–Kier alpha value is -3.88. The summed E-state index contributed by atoms with van der Waals surface area (Å²) in [6.07, 6.45) is 2.10. The molecule has 0 aromatic heterocycles. The van der Waals surface area contributed by atoms with E-state index in [2.05, 4.69) is 21.2 Å². The van der Waals surface area contributed by atoms with Gasteiger partial charge in [-0.1, -0.05) is 37.3 Å². The van der Waals surface area contributed by atoms with Crippen molar-refractivity contribution < 1.29 is 23.9 Å². The van der Waals surface area contributed by atoms with Gasteiger partial charge in [-0.15, -0.1) is 0 Å². The fraction of sp³-hybridized carbons (Fsp3) is 0.333. The highest BCUT2D eigenvalue weighted by molar-refractivity contribution is 6.35. The van der Waals surface area contributed by atoms with Crippen molar-refractivity contribution in [1.29, 1.82) is 0 Å². The van der Waals surface area contributed by atoms with E-state index in [1.54, 1.807) is 25.1 Å².